The maximum absolute atomic E-state index is 13.0. The summed E-state index contributed by atoms with van der Waals surface area (Å²) in [7, 11) is 0. The second kappa shape index (κ2) is 6.67. The van der Waals surface area contributed by atoms with E-state index in [0.29, 0.717) is 5.56 Å². The molecular formula is C14H16F3NO4. The average Bonchev–Trinajstić information content (AvgIpc) is 2.41. The number of aliphatic carboxylic acids is 1. The standard InChI is InChI=1S/C14H16F3NO4/c1-13(2,14(15,16)17)18(8-11(19)20)12(21)22-9-10-6-4-3-5-7-10/h3-7H,8-9H2,1-2H3,(H,19,20). The maximum Gasteiger partial charge on any atom is 0.411 e. The van der Waals surface area contributed by atoms with E-state index in [-0.39, 0.29) is 11.5 Å². The van der Waals surface area contributed by atoms with Crippen molar-refractivity contribution < 1.29 is 32.6 Å². The fraction of sp³-hybridized carbons (Fsp3) is 0.429. The Balaban J connectivity index is 2.87. The van der Waals surface area contributed by atoms with Crippen LogP contribution < -0.4 is 0 Å². The topological polar surface area (TPSA) is 66.8 Å². The predicted octanol–water partition coefficient (Wildman–Crippen LogP) is 3.05. The fourth-order valence-electron chi connectivity index (χ4n) is 1.58. The van der Waals surface area contributed by atoms with E-state index in [4.69, 9.17) is 9.84 Å². The molecule has 0 saturated heterocycles. The van der Waals surface area contributed by atoms with Crippen LogP contribution >= 0.6 is 0 Å². The van der Waals surface area contributed by atoms with Crippen molar-refractivity contribution in [3.05, 3.63) is 35.9 Å². The summed E-state index contributed by atoms with van der Waals surface area (Å²) >= 11 is 0. The van der Waals surface area contributed by atoms with E-state index in [0.717, 1.165) is 13.8 Å². The number of halogens is 3. The van der Waals surface area contributed by atoms with Gasteiger partial charge in [-0.15, -0.1) is 0 Å². The van der Waals surface area contributed by atoms with Crippen LogP contribution in [-0.4, -0.2) is 40.3 Å². The quantitative estimate of drug-likeness (QED) is 0.906. The summed E-state index contributed by atoms with van der Waals surface area (Å²) in [6, 6.07) is 8.35. The van der Waals surface area contributed by atoms with Gasteiger partial charge in [-0.25, -0.2) is 4.79 Å². The van der Waals surface area contributed by atoms with E-state index in [1.165, 1.54) is 0 Å². The van der Waals surface area contributed by atoms with E-state index >= 15 is 0 Å². The van der Waals surface area contributed by atoms with Gasteiger partial charge in [0.05, 0.1) is 0 Å². The molecule has 122 valence electrons. The minimum absolute atomic E-state index is 0.151. The summed E-state index contributed by atoms with van der Waals surface area (Å²) in [5.74, 6) is -1.56. The lowest BCUT2D eigenvalue weighted by Crippen LogP contribution is -2.58. The number of nitrogens with zero attached hydrogens (tertiary/aromatic N) is 1. The smallest absolute Gasteiger partial charge is 0.411 e. The molecule has 5 nitrogen and oxygen atoms in total. The Kier molecular flexibility index (Phi) is 5.40. The van der Waals surface area contributed by atoms with E-state index in [1.54, 1.807) is 30.3 Å². The molecular weight excluding hydrogens is 303 g/mol. The molecule has 0 aromatic heterocycles. The molecule has 0 radical (unpaired) electrons. The van der Waals surface area contributed by atoms with Crippen LogP contribution in [0.15, 0.2) is 30.3 Å². The number of carbonyl (C=O) groups excluding carboxylic acids is 1. The molecule has 0 spiro atoms. The first-order chi connectivity index (χ1) is 10.1. The van der Waals surface area contributed by atoms with Gasteiger partial charge in [0.25, 0.3) is 0 Å². The third-order valence-electron chi connectivity index (χ3n) is 3.09. The zero-order chi connectivity index (χ0) is 17.0. The Labute approximate surface area is 125 Å². The highest BCUT2D eigenvalue weighted by Crippen LogP contribution is 2.35. The minimum Gasteiger partial charge on any atom is -0.480 e. The second-order valence-corrected chi connectivity index (χ2v) is 5.08. The van der Waals surface area contributed by atoms with Crippen molar-refractivity contribution in [1.29, 1.82) is 0 Å². The van der Waals surface area contributed by atoms with Crippen LogP contribution in [0.5, 0.6) is 0 Å². The van der Waals surface area contributed by atoms with Gasteiger partial charge in [-0.1, -0.05) is 30.3 Å². The number of carboxylic acids is 1. The Morgan fingerprint density at radius 2 is 1.73 bits per heavy atom. The lowest BCUT2D eigenvalue weighted by atomic mass is 10.0. The molecule has 1 rings (SSSR count). The first-order valence-corrected chi connectivity index (χ1v) is 6.32. The molecule has 1 amide bonds. The van der Waals surface area contributed by atoms with Crippen molar-refractivity contribution in [2.45, 2.75) is 32.2 Å². The number of hydrogen-bond acceptors (Lipinski definition) is 3. The molecule has 1 N–H and O–H groups in total. The average molecular weight is 319 g/mol. The number of benzene rings is 1. The van der Waals surface area contributed by atoms with Crippen LogP contribution in [0.2, 0.25) is 0 Å². The Morgan fingerprint density at radius 1 is 1.18 bits per heavy atom. The lowest BCUT2D eigenvalue weighted by Gasteiger charge is -2.37. The second-order valence-electron chi connectivity index (χ2n) is 5.08. The molecule has 0 aliphatic carbocycles. The van der Waals surface area contributed by atoms with Crippen LogP contribution in [0.25, 0.3) is 0 Å². The SMILES string of the molecule is CC(C)(N(CC(=O)O)C(=O)OCc1ccccc1)C(F)(F)F. The third-order valence-corrected chi connectivity index (χ3v) is 3.09. The highest BCUT2D eigenvalue weighted by molar-refractivity contribution is 5.77. The summed E-state index contributed by atoms with van der Waals surface area (Å²) in [6.07, 6.45) is -6.14. The Morgan fingerprint density at radius 3 is 2.18 bits per heavy atom. The number of ether oxygens (including phenoxy) is 1. The van der Waals surface area contributed by atoms with Gasteiger partial charge in [-0.2, -0.15) is 13.2 Å². The van der Waals surface area contributed by atoms with E-state index in [1.807, 2.05) is 0 Å². The van der Waals surface area contributed by atoms with Crippen LogP contribution in [0, 0.1) is 0 Å². The summed E-state index contributed by atoms with van der Waals surface area (Å²) in [6.45, 7) is 0.0866. The van der Waals surface area contributed by atoms with Gasteiger partial charge in [0, 0.05) is 0 Å². The Hall–Kier alpha value is -2.25. The van der Waals surface area contributed by atoms with Crippen LogP contribution in [-0.2, 0) is 16.1 Å². The van der Waals surface area contributed by atoms with Gasteiger partial charge >= 0.3 is 18.2 Å². The van der Waals surface area contributed by atoms with E-state index in [9.17, 15) is 22.8 Å². The number of carboxylic acid groups (broad SMARTS) is 1. The zero-order valence-corrected chi connectivity index (χ0v) is 12.1. The molecule has 22 heavy (non-hydrogen) atoms. The lowest BCUT2D eigenvalue weighted by molar-refractivity contribution is -0.215. The number of amides is 1. The van der Waals surface area contributed by atoms with Gasteiger partial charge in [-0.3, -0.25) is 9.69 Å². The molecule has 0 saturated carbocycles. The highest BCUT2D eigenvalue weighted by atomic mass is 19.4. The summed E-state index contributed by atoms with van der Waals surface area (Å²) in [5, 5.41) is 8.73. The monoisotopic (exact) mass is 319 g/mol. The molecule has 0 aliphatic heterocycles. The third kappa shape index (κ3) is 4.37. The van der Waals surface area contributed by atoms with Crippen LogP contribution in [0.1, 0.15) is 19.4 Å². The van der Waals surface area contributed by atoms with Crippen LogP contribution in [0.4, 0.5) is 18.0 Å². The van der Waals surface area contributed by atoms with Crippen molar-refractivity contribution in [2.75, 3.05) is 6.54 Å². The fourth-order valence-corrected chi connectivity index (χ4v) is 1.58. The van der Waals surface area contributed by atoms with Crippen LogP contribution in [0.3, 0.4) is 0 Å². The summed E-state index contributed by atoms with van der Waals surface area (Å²) in [4.78, 5) is 22.8. The minimum atomic E-state index is -4.80. The number of carbonyl (C=O) groups is 2. The van der Waals surface area contributed by atoms with Gasteiger partial charge in [0.1, 0.15) is 18.7 Å². The predicted molar refractivity (Wildman–Crippen MR) is 71.1 cm³/mol. The largest absolute Gasteiger partial charge is 0.480 e. The number of hydrogen-bond donors (Lipinski definition) is 1. The van der Waals surface area contributed by atoms with Crippen molar-refractivity contribution in [3.63, 3.8) is 0 Å². The summed E-state index contributed by atoms with van der Waals surface area (Å²) < 4.78 is 43.8. The molecule has 0 heterocycles. The van der Waals surface area contributed by atoms with Gasteiger partial charge in [-0.05, 0) is 19.4 Å². The van der Waals surface area contributed by atoms with Crippen molar-refractivity contribution >= 4 is 12.1 Å². The van der Waals surface area contributed by atoms with Crippen molar-refractivity contribution in [3.8, 4) is 0 Å². The normalized spacial score (nSPS) is 11.9. The molecule has 8 heteroatoms. The molecule has 0 bridgehead atoms. The molecule has 1 aromatic rings. The first-order valence-electron chi connectivity index (χ1n) is 6.32. The molecule has 0 unspecified atom stereocenters. The van der Waals surface area contributed by atoms with Crippen molar-refractivity contribution in [2.24, 2.45) is 0 Å². The zero-order valence-electron chi connectivity index (χ0n) is 12.1. The van der Waals surface area contributed by atoms with E-state index < -0.39 is 30.3 Å². The number of rotatable bonds is 5. The van der Waals surface area contributed by atoms with Crippen molar-refractivity contribution in [1.82, 2.24) is 4.90 Å². The molecule has 1 aromatic carbocycles. The molecule has 0 atom stereocenters. The van der Waals surface area contributed by atoms with Gasteiger partial charge in [0.2, 0.25) is 0 Å². The summed E-state index contributed by atoms with van der Waals surface area (Å²) in [5.41, 5.74) is -2.09. The molecule has 0 fully saturated rings. The Bertz CT molecular complexity index is 529. The maximum atomic E-state index is 13.0. The first kappa shape index (κ1) is 17.8. The highest BCUT2D eigenvalue weighted by Gasteiger charge is 2.54. The van der Waals surface area contributed by atoms with Gasteiger partial charge in [0.15, 0.2) is 0 Å². The molecule has 0 aliphatic rings. The van der Waals surface area contributed by atoms with Gasteiger partial charge < -0.3 is 9.84 Å². The number of alkyl halides is 3. The van der Waals surface area contributed by atoms with E-state index in [2.05, 4.69) is 0 Å².